The van der Waals surface area contributed by atoms with Gasteiger partial charge >= 0.3 is 0 Å². The van der Waals surface area contributed by atoms with Crippen molar-refractivity contribution in [3.8, 4) is 0 Å². The van der Waals surface area contributed by atoms with E-state index in [1.54, 1.807) is 0 Å². The lowest BCUT2D eigenvalue weighted by atomic mass is 9.86. The number of fused-ring (bicyclic) bond motifs is 4. The predicted molar refractivity (Wildman–Crippen MR) is 146 cm³/mol. The van der Waals surface area contributed by atoms with Crippen LogP contribution in [0.5, 0.6) is 0 Å². The fourth-order valence-corrected chi connectivity index (χ4v) is 6.20. The highest BCUT2D eigenvalue weighted by atomic mass is 16.2. The molecule has 4 aromatic rings. The molecule has 37 heavy (non-hydrogen) atoms. The van der Waals surface area contributed by atoms with Crippen LogP contribution in [0.4, 0.5) is 0 Å². The molecule has 2 aliphatic rings. The number of aromatic amines is 1. The van der Waals surface area contributed by atoms with Crippen LogP contribution in [0.15, 0.2) is 84.9 Å². The predicted octanol–water partition coefficient (Wildman–Crippen LogP) is 5.46. The number of hydrogen-bond acceptors (Lipinski definition) is 2. The van der Waals surface area contributed by atoms with Crippen molar-refractivity contribution in [1.29, 1.82) is 0 Å². The van der Waals surface area contributed by atoms with Gasteiger partial charge in [0.05, 0.1) is 6.04 Å². The molecule has 188 valence electrons. The van der Waals surface area contributed by atoms with Crippen LogP contribution in [-0.4, -0.2) is 45.2 Å². The maximum absolute atomic E-state index is 14.0. The number of carbonyl (C=O) groups is 2. The number of aryl methyl sites for hydroxylation is 2. The molecule has 6 rings (SSSR count). The summed E-state index contributed by atoms with van der Waals surface area (Å²) in [5, 5.41) is 1.16. The molecule has 3 atom stereocenters. The molecular weight excluding hydrogens is 458 g/mol. The van der Waals surface area contributed by atoms with E-state index in [0.717, 1.165) is 42.3 Å². The van der Waals surface area contributed by atoms with E-state index in [0.29, 0.717) is 6.42 Å². The number of nitrogens with zero attached hydrogens (tertiary/aromatic N) is 2. The second kappa shape index (κ2) is 9.89. The monoisotopic (exact) mass is 491 g/mol. The molecule has 0 radical (unpaired) electrons. The minimum Gasteiger partial charge on any atom is -0.356 e. The number of benzene rings is 3. The number of H-pyrrole nitrogens is 1. The van der Waals surface area contributed by atoms with Crippen molar-refractivity contribution in [3.05, 3.63) is 107 Å². The Morgan fingerprint density at radius 2 is 1.51 bits per heavy atom. The van der Waals surface area contributed by atoms with Crippen LogP contribution < -0.4 is 0 Å². The summed E-state index contributed by atoms with van der Waals surface area (Å²) in [4.78, 5) is 35.1. The first-order chi connectivity index (χ1) is 18.1. The van der Waals surface area contributed by atoms with Crippen LogP contribution in [0, 0.1) is 0 Å². The fourth-order valence-electron chi connectivity index (χ4n) is 6.20. The van der Waals surface area contributed by atoms with Gasteiger partial charge in [0.1, 0.15) is 12.6 Å². The summed E-state index contributed by atoms with van der Waals surface area (Å²) in [7, 11) is 0. The maximum Gasteiger partial charge on any atom is 0.246 e. The summed E-state index contributed by atoms with van der Waals surface area (Å²) in [6.45, 7) is 2.24. The largest absolute Gasteiger partial charge is 0.356 e. The lowest BCUT2D eigenvalue weighted by Gasteiger charge is -2.48. The highest BCUT2D eigenvalue weighted by Crippen LogP contribution is 2.41. The molecule has 3 heterocycles. The van der Waals surface area contributed by atoms with Crippen LogP contribution in [0.2, 0.25) is 0 Å². The van der Waals surface area contributed by atoms with E-state index in [4.69, 9.17) is 0 Å². The minimum atomic E-state index is -0.451. The average Bonchev–Trinajstić information content (AvgIpc) is 3.31. The van der Waals surface area contributed by atoms with Crippen LogP contribution in [0.1, 0.15) is 48.2 Å². The van der Waals surface area contributed by atoms with Crippen molar-refractivity contribution in [3.63, 3.8) is 0 Å². The number of nitrogens with one attached hydrogen (secondary N) is 1. The molecule has 3 aromatic carbocycles. The molecule has 5 nitrogen and oxygen atoms in total. The fraction of sp³-hybridized carbons (Fsp3) is 0.312. The summed E-state index contributed by atoms with van der Waals surface area (Å²) in [5.74, 6) is 0.138. The van der Waals surface area contributed by atoms with Gasteiger partial charge in [-0.15, -0.1) is 0 Å². The summed E-state index contributed by atoms with van der Waals surface area (Å²) in [6, 6.07) is 28.5. The van der Waals surface area contributed by atoms with Gasteiger partial charge in [-0.1, -0.05) is 78.9 Å². The molecule has 0 aliphatic carbocycles. The Bertz CT molecular complexity index is 1410. The molecule has 0 spiro atoms. The van der Waals surface area contributed by atoms with Gasteiger partial charge in [0.25, 0.3) is 0 Å². The van der Waals surface area contributed by atoms with E-state index >= 15 is 0 Å². The van der Waals surface area contributed by atoms with Gasteiger partial charge in [0, 0.05) is 29.1 Å². The third-order valence-corrected chi connectivity index (χ3v) is 8.19. The Morgan fingerprint density at radius 1 is 0.865 bits per heavy atom. The SMILES string of the molecule is C[C@@H](CCc1ccccc1)N1CC(=O)N2[C@@H](Cc3c([nH]c4ccccc34)[C@@H]2CCc2ccccc2)C1=O. The van der Waals surface area contributed by atoms with E-state index < -0.39 is 6.04 Å². The van der Waals surface area contributed by atoms with E-state index in [-0.39, 0.29) is 30.4 Å². The molecule has 1 N–H and O–H groups in total. The Labute approximate surface area is 218 Å². The van der Waals surface area contributed by atoms with Crippen LogP contribution in [-0.2, 0) is 28.9 Å². The van der Waals surface area contributed by atoms with Gasteiger partial charge in [-0.2, -0.15) is 0 Å². The normalized spacial score (nSPS) is 20.1. The average molecular weight is 492 g/mol. The van der Waals surface area contributed by atoms with E-state index in [1.165, 1.54) is 16.7 Å². The molecule has 0 saturated carbocycles. The van der Waals surface area contributed by atoms with E-state index in [9.17, 15) is 9.59 Å². The second-order valence-electron chi connectivity index (χ2n) is 10.5. The minimum absolute atomic E-state index is 0.00550. The summed E-state index contributed by atoms with van der Waals surface area (Å²) in [6.07, 6.45) is 3.92. The number of rotatable bonds is 7. The summed E-state index contributed by atoms with van der Waals surface area (Å²) >= 11 is 0. The lowest BCUT2D eigenvalue weighted by molar-refractivity contribution is -0.162. The van der Waals surface area contributed by atoms with Crippen molar-refractivity contribution >= 4 is 22.7 Å². The van der Waals surface area contributed by atoms with Gasteiger partial charge < -0.3 is 14.8 Å². The van der Waals surface area contributed by atoms with Gasteiger partial charge in [-0.3, -0.25) is 9.59 Å². The number of amides is 2. The van der Waals surface area contributed by atoms with Crippen molar-refractivity contribution in [2.24, 2.45) is 0 Å². The molecule has 2 amide bonds. The molecular formula is C32H33N3O2. The number of carbonyl (C=O) groups excluding carboxylic acids is 2. The summed E-state index contributed by atoms with van der Waals surface area (Å²) < 4.78 is 0. The first-order valence-corrected chi connectivity index (χ1v) is 13.4. The first-order valence-electron chi connectivity index (χ1n) is 13.4. The molecule has 5 heteroatoms. The Kier molecular flexibility index (Phi) is 6.29. The number of piperazine rings is 1. The van der Waals surface area contributed by atoms with Crippen molar-refractivity contribution in [1.82, 2.24) is 14.8 Å². The number of para-hydroxylation sites is 1. The zero-order valence-corrected chi connectivity index (χ0v) is 21.3. The Hall–Kier alpha value is -3.86. The van der Waals surface area contributed by atoms with Gasteiger partial charge in [-0.05, 0) is 55.4 Å². The lowest BCUT2D eigenvalue weighted by Crippen LogP contribution is -2.64. The Morgan fingerprint density at radius 3 is 2.24 bits per heavy atom. The van der Waals surface area contributed by atoms with E-state index in [1.807, 2.05) is 46.2 Å². The number of aromatic nitrogens is 1. The van der Waals surface area contributed by atoms with Crippen LogP contribution in [0.25, 0.3) is 10.9 Å². The van der Waals surface area contributed by atoms with Crippen molar-refractivity contribution in [2.75, 3.05) is 6.54 Å². The third-order valence-electron chi connectivity index (χ3n) is 8.19. The van der Waals surface area contributed by atoms with E-state index in [2.05, 4.69) is 60.4 Å². The highest BCUT2D eigenvalue weighted by molar-refractivity contribution is 5.97. The zero-order valence-electron chi connectivity index (χ0n) is 21.3. The van der Waals surface area contributed by atoms with Gasteiger partial charge in [0.2, 0.25) is 11.8 Å². The molecule has 0 unspecified atom stereocenters. The van der Waals surface area contributed by atoms with Crippen molar-refractivity contribution in [2.45, 2.75) is 57.2 Å². The van der Waals surface area contributed by atoms with Gasteiger partial charge in [-0.25, -0.2) is 0 Å². The van der Waals surface area contributed by atoms with Gasteiger partial charge in [0.15, 0.2) is 0 Å². The van der Waals surface area contributed by atoms with Crippen LogP contribution >= 0.6 is 0 Å². The standard InChI is InChI=1S/C32H33N3O2/c1-22(16-17-23-10-4-2-5-11-23)34-21-30(36)35-28(19-18-24-12-6-3-7-13-24)31-26(20-29(35)32(34)37)25-14-8-9-15-27(25)33-31/h2-15,22,28-29,33H,16-21H2,1H3/t22-,28-,29-/m0/s1. The first kappa shape index (κ1) is 23.5. The second-order valence-corrected chi connectivity index (χ2v) is 10.5. The topological polar surface area (TPSA) is 56.4 Å². The molecule has 1 aromatic heterocycles. The summed E-state index contributed by atoms with van der Waals surface area (Å²) in [5.41, 5.74) is 5.86. The smallest absolute Gasteiger partial charge is 0.246 e. The van der Waals surface area contributed by atoms with Crippen LogP contribution in [0.3, 0.4) is 0 Å². The number of hydrogen-bond donors (Lipinski definition) is 1. The third kappa shape index (κ3) is 4.43. The molecule has 1 fully saturated rings. The highest BCUT2D eigenvalue weighted by Gasteiger charge is 2.48. The quantitative estimate of drug-likeness (QED) is 0.373. The Balaban J connectivity index is 1.30. The molecule has 0 bridgehead atoms. The molecule has 1 saturated heterocycles. The zero-order chi connectivity index (χ0) is 25.4. The maximum atomic E-state index is 14.0. The van der Waals surface area contributed by atoms with Crippen molar-refractivity contribution < 1.29 is 9.59 Å². The molecule has 2 aliphatic heterocycles.